The molecule has 1 aromatic heterocycles. The summed E-state index contributed by atoms with van der Waals surface area (Å²) >= 11 is 0. The average Bonchev–Trinajstić information content (AvgIpc) is 3.45. The van der Waals surface area contributed by atoms with Crippen LogP contribution in [0.5, 0.6) is 0 Å². The normalized spacial score (nSPS) is 13.4. The van der Waals surface area contributed by atoms with Crippen molar-refractivity contribution in [1.82, 2.24) is 14.7 Å². The first-order chi connectivity index (χ1) is 15.0. The third kappa shape index (κ3) is 4.85. The number of esters is 1. The summed E-state index contributed by atoms with van der Waals surface area (Å²) in [5, 5.41) is 4.69. The number of hydrogen-bond acceptors (Lipinski definition) is 4. The second kappa shape index (κ2) is 9.16. The minimum absolute atomic E-state index is 0.143. The van der Waals surface area contributed by atoms with Crippen molar-refractivity contribution < 1.29 is 14.3 Å². The lowest BCUT2D eigenvalue weighted by Gasteiger charge is -2.14. The topological polar surface area (TPSA) is 64.4 Å². The maximum absolute atomic E-state index is 12.9. The van der Waals surface area contributed by atoms with Crippen molar-refractivity contribution in [3.8, 4) is 11.3 Å². The van der Waals surface area contributed by atoms with Crippen LogP contribution in [-0.4, -0.2) is 46.3 Å². The number of carbonyl (C=O) groups is 2. The third-order valence-electron chi connectivity index (χ3n) is 5.73. The lowest BCUT2D eigenvalue weighted by molar-refractivity contribution is -0.133. The van der Waals surface area contributed by atoms with Crippen molar-refractivity contribution in [3.63, 3.8) is 0 Å². The van der Waals surface area contributed by atoms with Crippen LogP contribution < -0.4 is 0 Å². The molecular weight excluding hydrogens is 390 g/mol. The van der Waals surface area contributed by atoms with Gasteiger partial charge in [-0.25, -0.2) is 4.79 Å². The molecule has 2 heterocycles. The summed E-state index contributed by atoms with van der Waals surface area (Å²) < 4.78 is 7.15. The van der Waals surface area contributed by atoms with Crippen LogP contribution in [0.25, 0.3) is 11.3 Å². The van der Waals surface area contributed by atoms with Crippen molar-refractivity contribution in [3.05, 3.63) is 77.0 Å². The van der Waals surface area contributed by atoms with Crippen LogP contribution in [0, 0.1) is 13.8 Å². The largest absolute Gasteiger partial charge is 0.452 e. The summed E-state index contributed by atoms with van der Waals surface area (Å²) in [6.07, 6.45) is 3.71. The molecule has 0 aliphatic carbocycles. The molecule has 0 atom stereocenters. The number of ether oxygens (including phenoxy) is 1. The predicted octanol–water partition coefficient (Wildman–Crippen LogP) is 3.99. The summed E-state index contributed by atoms with van der Waals surface area (Å²) in [6, 6.07) is 16.0. The fourth-order valence-electron chi connectivity index (χ4n) is 3.79. The minimum Gasteiger partial charge on any atom is -0.452 e. The molecule has 6 heteroatoms. The summed E-state index contributed by atoms with van der Waals surface area (Å²) in [5.74, 6) is -0.671. The zero-order valence-electron chi connectivity index (χ0n) is 18.0. The summed E-state index contributed by atoms with van der Waals surface area (Å²) in [5.41, 5.74) is 5.17. The van der Waals surface area contributed by atoms with Gasteiger partial charge >= 0.3 is 5.97 Å². The van der Waals surface area contributed by atoms with Gasteiger partial charge in [-0.3, -0.25) is 9.48 Å². The Hall–Kier alpha value is -3.41. The molecular formula is C25H27N3O3. The van der Waals surface area contributed by atoms with Crippen molar-refractivity contribution in [2.24, 2.45) is 0 Å². The first kappa shape index (κ1) is 20.8. The highest BCUT2D eigenvalue weighted by atomic mass is 16.5. The monoisotopic (exact) mass is 417 g/mol. The van der Waals surface area contributed by atoms with Gasteiger partial charge in [0.05, 0.1) is 6.54 Å². The Morgan fingerprint density at radius 2 is 1.74 bits per heavy atom. The molecule has 1 saturated heterocycles. The maximum Gasteiger partial charge on any atom is 0.342 e. The fraction of sp³-hybridized carbons (Fsp3) is 0.320. The average molecular weight is 418 g/mol. The second-order valence-electron chi connectivity index (χ2n) is 8.04. The van der Waals surface area contributed by atoms with E-state index in [1.165, 1.54) is 5.56 Å². The van der Waals surface area contributed by atoms with Crippen LogP contribution in [0.15, 0.2) is 54.7 Å². The molecule has 1 amide bonds. The quantitative estimate of drug-likeness (QED) is 0.569. The lowest BCUT2D eigenvalue weighted by Crippen LogP contribution is -2.32. The highest BCUT2D eigenvalue weighted by Crippen LogP contribution is 2.25. The first-order valence-electron chi connectivity index (χ1n) is 10.6. The van der Waals surface area contributed by atoms with E-state index in [1.807, 2.05) is 62.4 Å². The van der Waals surface area contributed by atoms with Gasteiger partial charge < -0.3 is 9.64 Å². The van der Waals surface area contributed by atoms with Crippen LogP contribution in [0.3, 0.4) is 0 Å². The van der Waals surface area contributed by atoms with E-state index in [9.17, 15) is 9.59 Å². The Bertz CT molecular complexity index is 1080. The number of aromatic nitrogens is 2. The van der Waals surface area contributed by atoms with Gasteiger partial charge in [0.15, 0.2) is 6.61 Å². The van der Waals surface area contributed by atoms with Gasteiger partial charge in [0, 0.05) is 24.8 Å². The lowest BCUT2D eigenvalue weighted by atomic mass is 10.0. The number of rotatable bonds is 6. The molecule has 0 N–H and O–H groups in total. The van der Waals surface area contributed by atoms with Crippen LogP contribution in [0.2, 0.25) is 0 Å². The number of amides is 1. The molecule has 0 saturated carbocycles. The van der Waals surface area contributed by atoms with Crippen LogP contribution in [0.4, 0.5) is 0 Å². The van der Waals surface area contributed by atoms with E-state index in [-0.39, 0.29) is 12.5 Å². The van der Waals surface area contributed by atoms with E-state index < -0.39 is 5.97 Å². The summed E-state index contributed by atoms with van der Waals surface area (Å²) in [6.45, 7) is 5.85. The minimum atomic E-state index is -0.528. The Morgan fingerprint density at radius 1 is 1.00 bits per heavy atom. The highest BCUT2D eigenvalue weighted by molar-refractivity contribution is 5.97. The molecule has 0 radical (unpaired) electrons. The van der Waals surface area contributed by atoms with Gasteiger partial charge in [0.1, 0.15) is 11.3 Å². The number of carbonyl (C=O) groups excluding carboxylic acids is 2. The zero-order chi connectivity index (χ0) is 21.8. The van der Waals surface area contributed by atoms with Crippen LogP contribution in [-0.2, 0) is 16.1 Å². The SMILES string of the molecule is Cc1ccc(-c2nn(Cc3ccccc3)cc2C(=O)OCC(=O)N2CCCC2)cc1C. The molecule has 3 aromatic rings. The fourth-order valence-corrected chi connectivity index (χ4v) is 3.79. The first-order valence-corrected chi connectivity index (χ1v) is 10.6. The molecule has 4 rings (SSSR count). The van der Waals surface area contributed by atoms with E-state index in [2.05, 4.69) is 0 Å². The molecule has 0 unspecified atom stereocenters. The smallest absolute Gasteiger partial charge is 0.342 e. The molecule has 0 spiro atoms. The molecule has 1 aliphatic rings. The Labute approximate surface area is 182 Å². The summed E-state index contributed by atoms with van der Waals surface area (Å²) in [7, 11) is 0. The van der Waals surface area contributed by atoms with E-state index in [1.54, 1.807) is 15.8 Å². The van der Waals surface area contributed by atoms with Gasteiger partial charge in [-0.2, -0.15) is 5.10 Å². The number of nitrogens with zero attached hydrogens (tertiary/aromatic N) is 3. The Morgan fingerprint density at radius 3 is 2.45 bits per heavy atom. The number of hydrogen-bond donors (Lipinski definition) is 0. The highest BCUT2D eigenvalue weighted by Gasteiger charge is 2.23. The van der Waals surface area contributed by atoms with Gasteiger partial charge in [-0.1, -0.05) is 42.5 Å². The van der Waals surface area contributed by atoms with Crippen LogP contribution in [0.1, 0.15) is 39.9 Å². The van der Waals surface area contributed by atoms with Gasteiger partial charge in [0.2, 0.25) is 0 Å². The van der Waals surface area contributed by atoms with Crippen molar-refractivity contribution in [2.75, 3.05) is 19.7 Å². The maximum atomic E-state index is 12.9. The molecule has 1 fully saturated rings. The van der Waals surface area contributed by atoms with Crippen molar-refractivity contribution in [1.29, 1.82) is 0 Å². The van der Waals surface area contributed by atoms with E-state index in [4.69, 9.17) is 9.84 Å². The molecule has 0 bridgehead atoms. The van der Waals surface area contributed by atoms with E-state index in [0.29, 0.717) is 17.8 Å². The predicted molar refractivity (Wildman–Crippen MR) is 119 cm³/mol. The molecule has 2 aromatic carbocycles. The zero-order valence-corrected chi connectivity index (χ0v) is 18.0. The number of benzene rings is 2. The van der Waals surface area contributed by atoms with E-state index >= 15 is 0 Å². The van der Waals surface area contributed by atoms with Crippen molar-refractivity contribution >= 4 is 11.9 Å². The summed E-state index contributed by atoms with van der Waals surface area (Å²) in [4.78, 5) is 27.0. The number of aryl methyl sites for hydroxylation is 2. The molecule has 31 heavy (non-hydrogen) atoms. The Balaban J connectivity index is 1.59. The van der Waals surface area contributed by atoms with E-state index in [0.717, 1.165) is 42.6 Å². The Kier molecular flexibility index (Phi) is 6.16. The third-order valence-corrected chi connectivity index (χ3v) is 5.73. The van der Waals surface area contributed by atoms with Gasteiger partial charge in [0.25, 0.3) is 5.91 Å². The van der Waals surface area contributed by atoms with Gasteiger partial charge in [-0.15, -0.1) is 0 Å². The number of likely N-dealkylation sites (tertiary alicyclic amines) is 1. The molecule has 160 valence electrons. The second-order valence-corrected chi connectivity index (χ2v) is 8.04. The van der Waals surface area contributed by atoms with Gasteiger partial charge in [-0.05, 0) is 49.4 Å². The van der Waals surface area contributed by atoms with Crippen LogP contribution >= 0.6 is 0 Å². The standard InChI is InChI=1S/C25H27N3O3/c1-18-10-11-21(14-19(18)2)24-22(16-28(26-24)15-20-8-4-3-5-9-20)25(30)31-17-23(29)27-12-6-7-13-27/h3-5,8-11,14,16H,6-7,12-13,15,17H2,1-2H3. The van der Waals surface area contributed by atoms with Crippen molar-refractivity contribution in [2.45, 2.75) is 33.2 Å². The molecule has 1 aliphatic heterocycles. The molecule has 6 nitrogen and oxygen atoms in total.